The first kappa shape index (κ1) is 16.6. The molecule has 0 aliphatic heterocycles. The van der Waals surface area contributed by atoms with Crippen LogP contribution in [0.5, 0.6) is 11.5 Å². The van der Waals surface area contributed by atoms with Crippen LogP contribution in [0.1, 0.15) is 44.7 Å². The Kier molecular flexibility index (Phi) is 5.94. The smallest absolute Gasteiger partial charge is 0.141 e. The van der Waals surface area contributed by atoms with Crippen LogP contribution in [0.25, 0.3) is 0 Å². The number of methoxy groups -OCH3 is 2. The van der Waals surface area contributed by atoms with Crippen LogP contribution >= 0.6 is 15.9 Å². The molecule has 1 N–H and O–H groups in total. The molecule has 0 spiro atoms. The lowest BCUT2D eigenvalue weighted by Crippen LogP contribution is -2.27. The van der Waals surface area contributed by atoms with Gasteiger partial charge in [-0.3, -0.25) is 0 Å². The van der Waals surface area contributed by atoms with E-state index in [1.54, 1.807) is 14.2 Å². The van der Waals surface area contributed by atoms with Crippen molar-refractivity contribution in [2.24, 2.45) is 11.8 Å². The second-order valence-electron chi connectivity index (χ2n) is 5.92. The van der Waals surface area contributed by atoms with Crippen LogP contribution in [0.4, 0.5) is 0 Å². The van der Waals surface area contributed by atoms with Crippen molar-refractivity contribution in [3.05, 3.63) is 22.2 Å². The Morgan fingerprint density at radius 3 is 2.57 bits per heavy atom. The Balaban J connectivity index is 2.37. The maximum absolute atomic E-state index is 5.67. The maximum atomic E-state index is 5.67. The van der Waals surface area contributed by atoms with E-state index in [0.717, 1.165) is 28.4 Å². The van der Waals surface area contributed by atoms with E-state index in [-0.39, 0.29) is 0 Å². The highest BCUT2D eigenvalue weighted by Crippen LogP contribution is 2.45. The van der Waals surface area contributed by atoms with Crippen LogP contribution in [0.3, 0.4) is 0 Å². The van der Waals surface area contributed by atoms with Crippen LogP contribution < -0.4 is 14.8 Å². The molecule has 4 heteroatoms. The number of nitrogens with one attached hydrogen (secondary N) is 1. The standard InChI is InChI=1S/C17H26BrNO2/c1-5-19-16(12-7-6-11(2)10-12)13-8-9-14(20-3)15(18)17(13)21-4/h8-9,11-12,16,19H,5-7,10H2,1-4H3. The predicted molar refractivity (Wildman–Crippen MR) is 90.2 cm³/mol. The van der Waals surface area contributed by atoms with Crippen molar-refractivity contribution in [3.8, 4) is 11.5 Å². The van der Waals surface area contributed by atoms with E-state index < -0.39 is 0 Å². The average molecular weight is 356 g/mol. The molecule has 0 amide bonds. The quantitative estimate of drug-likeness (QED) is 0.811. The average Bonchev–Trinajstić information content (AvgIpc) is 2.91. The minimum Gasteiger partial charge on any atom is -0.495 e. The van der Waals surface area contributed by atoms with Gasteiger partial charge in [-0.15, -0.1) is 0 Å². The Labute approximate surface area is 136 Å². The molecular weight excluding hydrogens is 330 g/mol. The molecule has 21 heavy (non-hydrogen) atoms. The molecule has 0 aromatic heterocycles. The predicted octanol–water partition coefficient (Wildman–Crippen LogP) is 4.55. The first-order valence-corrected chi connectivity index (χ1v) is 8.55. The molecule has 0 heterocycles. The summed E-state index contributed by atoms with van der Waals surface area (Å²) in [5, 5.41) is 3.66. The van der Waals surface area contributed by atoms with Gasteiger partial charge in [0, 0.05) is 11.6 Å². The third-order valence-corrected chi connectivity index (χ3v) is 5.23. The molecule has 1 saturated carbocycles. The van der Waals surface area contributed by atoms with Gasteiger partial charge in [0.1, 0.15) is 16.0 Å². The number of hydrogen-bond donors (Lipinski definition) is 1. The molecule has 0 bridgehead atoms. The Hall–Kier alpha value is -0.740. The minimum absolute atomic E-state index is 0.345. The van der Waals surface area contributed by atoms with E-state index in [0.29, 0.717) is 12.0 Å². The summed E-state index contributed by atoms with van der Waals surface area (Å²) in [6, 6.07) is 4.50. The normalized spacial score (nSPS) is 23.1. The van der Waals surface area contributed by atoms with Crippen molar-refractivity contribution in [2.45, 2.75) is 39.2 Å². The Morgan fingerprint density at radius 2 is 2.05 bits per heavy atom. The van der Waals surface area contributed by atoms with E-state index in [9.17, 15) is 0 Å². The monoisotopic (exact) mass is 355 g/mol. The second kappa shape index (κ2) is 7.50. The van der Waals surface area contributed by atoms with Gasteiger partial charge in [-0.2, -0.15) is 0 Å². The van der Waals surface area contributed by atoms with Crippen LogP contribution in [-0.4, -0.2) is 20.8 Å². The summed E-state index contributed by atoms with van der Waals surface area (Å²) in [5.41, 5.74) is 1.23. The second-order valence-corrected chi connectivity index (χ2v) is 6.71. The fourth-order valence-corrected chi connectivity index (χ4v) is 4.15. The van der Waals surface area contributed by atoms with Gasteiger partial charge in [-0.1, -0.05) is 20.3 Å². The number of benzene rings is 1. The topological polar surface area (TPSA) is 30.5 Å². The number of halogens is 1. The lowest BCUT2D eigenvalue weighted by Gasteiger charge is -2.27. The third kappa shape index (κ3) is 3.54. The third-order valence-electron chi connectivity index (χ3n) is 4.48. The summed E-state index contributed by atoms with van der Waals surface area (Å²) >= 11 is 3.61. The van der Waals surface area contributed by atoms with E-state index in [4.69, 9.17) is 9.47 Å². The molecule has 3 atom stereocenters. The van der Waals surface area contributed by atoms with Crippen molar-refractivity contribution in [1.82, 2.24) is 5.32 Å². The molecule has 2 rings (SSSR count). The van der Waals surface area contributed by atoms with Crippen LogP contribution in [0.2, 0.25) is 0 Å². The highest BCUT2D eigenvalue weighted by molar-refractivity contribution is 9.10. The van der Waals surface area contributed by atoms with Crippen LogP contribution in [0, 0.1) is 11.8 Å². The molecule has 1 aliphatic carbocycles. The van der Waals surface area contributed by atoms with E-state index in [1.807, 2.05) is 6.07 Å². The summed E-state index contributed by atoms with van der Waals surface area (Å²) in [6.45, 7) is 5.48. The molecule has 118 valence electrons. The lowest BCUT2D eigenvalue weighted by atomic mass is 9.90. The fraction of sp³-hybridized carbons (Fsp3) is 0.647. The molecular formula is C17H26BrNO2. The van der Waals surface area contributed by atoms with Crippen LogP contribution in [-0.2, 0) is 0 Å². The van der Waals surface area contributed by atoms with Gasteiger partial charge in [-0.05, 0) is 59.3 Å². The van der Waals surface area contributed by atoms with E-state index in [2.05, 4.69) is 41.2 Å². The van der Waals surface area contributed by atoms with Crippen LogP contribution in [0.15, 0.2) is 16.6 Å². The van der Waals surface area contributed by atoms with Gasteiger partial charge in [-0.25, -0.2) is 0 Å². The summed E-state index contributed by atoms with van der Waals surface area (Å²) in [7, 11) is 3.41. The van der Waals surface area contributed by atoms with E-state index >= 15 is 0 Å². The van der Waals surface area contributed by atoms with E-state index in [1.165, 1.54) is 24.8 Å². The van der Waals surface area contributed by atoms with Gasteiger partial charge >= 0.3 is 0 Å². The summed E-state index contributed by atoms with van der Waals surface area (Å²) in [4.78, 5) is 0. The first-order valence-electron chi connectivity index (χ1n) is 7.76. The zero-order valence-electron chi connectivity index (χ0n) is 13.4. The molecule has 1 aromatic rings. The summed E-state index contributed by atoms with van der Waals surface area (Å²) in [6.07, 6.45) is 3.89. The van der Waals surface area contributed by atoms with Gasteiger partial charge < -0.3 is 14.8 Å². The van der Waals surface area contributed by atoms with Crippen molar-refractivity contribution in [2.75, 3.05) is 20.8 Å². The van der Waals surface area contributed by atoms with Gasteiger partial charge in [0.2, 0.25) is 0 Å². The summed E-state index contributed by atoms with van der Waals surface area (Å²) in [5.74, 6) is 3.20. The molecule has 0 saturated heterocycles. The van der Waals surface area contributed by atoms with Crippen molar-refractivity contribution in [3.63, 3.8) is 0 Å². The van der Waals surface area contributed by atoms with Crippen molar-refractivity contribution >= 4 is 15.9 Å². The lowest BCUT2D eigenvalue weighted by molar-refractivity contribution is 0.339. The Bertz CT molecular complexity index is 478. The largest absolute Gasteiger partial charge is 0.495 e. The Morgan fingerprint density at radius 1 is 1.29 bits per heavy atom. The molecule has 1 aromatic carbocycles. The van der Waals surface area contributed by atoms with Crippen molar-refractivity contribution < 1.29 is 9.47 Å². The molecule has 1 aliphatic rings. The fourth-order valence-electron chi connectivity index (χ4n) is 3.47. The molecule has 0 radical (unpaired) electrons. The molecule has 1 fully saturated rings. The maximum Gasteiger partial charge on any atom is 0.141 e. The first-order chi connectivity index (χ1) is 10.1. The van der Waals surface area contributed by atoms with Gasteiger partial charge in [0.15, 0.2) is 0 Å². The molecule has 3 nitrogen and oxygen atoms in total. The highest BCUT2D eigenvalue weighted by Gasteiger charge is 2.31. The van der Waals surface area contributed by atoms with Gasteiger partial charge in [0.25, 0.3) is 0 Å². The number of ether oxygens (including phenoxy) is 2. The molecule has 3 unspecified atom stereocenters. The zero-order chi connectivity index (χ0) is 15.4. The SMILES string of the molecule is CCNC(c1ccc(OC)c(Br)c1OC)C1CCC(C)C1. The van der Waals surface area contributed by atoms with Crippen molar-refractivity contribution in [1.29, 1.82) is 0 Å². The minimum atomic E-state index is 0.345. The summed E-state index contributed by atoms with van der Waals surface area (Å²) < 4.78 is 11.9. The number of rotatable bonds is 6. The zero-order valence-corrected chi connectivity index (χ0v) is 15.0. The number of hydrogen-bond acceptors (Lipinski definition) is 3. The highest BCUT2D eigenvalue weighted by atomic mass is 79.9. The van der Waals surface area contributed by atoms with Gasteiger partial charge in [0.05, 0.1) is 14.2 Å².